The van der Waals surface area contributed by atoms with Gasteiger partial charge in [0.05, 0.1) is 11.9 Å². The summed E-state index contributed by atoms with van der Waals surface area (Å²) < 4.78 is 0. The molecule has 0 aromatic rings. The van der Waals surface area contributed by atoms with Gasteiger partial charge in [-0.05, 0) is 24.8 Å². The van der Waals surface area contributed by atoms with Gasteiger partial charge in [-0.2, -0.15) is 0 Å². The molecule has 90 valence electrons. The first kappa shape index (κ1) is 14.5. The Hall–Kier alpha value is -0.500. The van der Waals surface area contributed by atoms with Crippen LogP contribution in [-0.2, 0) is 0 Å². The van der Waals surface area contributed by atoms with Crippen LogP contribution >= 0.6 is 0 Å². The molecule has 0 aliphatic rings. The first-order valence-corrected chi connectivity index (χ1v) is 6.19. The molecule has 1 atom stereocenters. The van der Waals surface area contributed by atoms with Gasteiger partial charge < -0.3 is 10.2 Å². The van der Waals surface area contributed by atoms with E-state index in [1.807, 2.05) is 0 Å². The Labute approximate surface area is 94.0 Å². The molecule has 0 heterocycles. The lowest BCUT2D eigenvalue weighted by molar-refractivity contribution is 0.140. The summed E-state index contributed by atoms with van der Waals surface area (Å²) in [5.74, 6) is 0.829. The molecule has 0 radical (unpaired) electrons. The standard InChI is InChI=1S/C13H26O2/c1-5-10(6-2)12(14)9-13(15)11(7-3)8-4/h9-12,14-15H,5-8H2,1-4H3/b13-9-. The van der Waals surface area contributed by atoms with E-state index in [0.29, 0.717) is 5.76 Å². The van der Waals surface area contributed by atoms with Gasteiger partial charge in [0, 0.05) is 5.92 Å². The molecule has 0 aliphatic carbocycles. The maximum Gasteiger partial charge on any atom is 0.0939 e. The van der Waals surface area contributed by atoms with E-state index in [-0.39, 0.29) is 11.8 Å². The van der Waals surface area contributed by atoms with Gasteiger partial charge in [0.15, 0.2) is 0 Å². The molecule has 0 fully saturated rings. The van der Waals surface area contributed by atoms with Gasteiger partial charge in [0.2, 0.25) is 0 Å². The maximum atomic E-state index is 9.88. The second-order valence-electron chi connectivity index (χ2n) is 4.17. The van der Waals surface area contributed by atoms with Crippen molar-refractivity contribution >= 4 is 0 Å². The maximum absolute atomic E-state index is 9.88. The van der Waals surface area contributed by atoms with E-state index in [0.717, 1.165) is 25.7 Å². The molecule has 15 heavy (non-hydrogen) atoms. The van der Waals surface area contributed by atoms with Crippen LogP contribution in [0.5, 0.6) is 0 Å². The second-order valence-corrected chi connectivity index (χ2v) is 4.17. The normalized spacial score (nSPS) is 15.0. The van der Waals surface area contributed by atoms with Crippen molar-refractivity contribution in [3.05, 3.63) is 11.8 Å². The highest BCUT2D eigenvalue weighted by atomic mass is 16.3. The van der Waals surface area contributed by atoms with Crippen LogP contribution in [0.1, 0.15) is 53.4 Å². The summed E-state index contributed by atoms with van der Waals surface area (Å²) in [4.78, 5) is 0. The molecular formula is C13H26O2. The SMILES string of the molecule is CCC(CC)/C(O)=C/C(O)C(CC)CC. The molecule has 0 aromatic carbocycles. The Bertz CT molecular complexity index is 179. The van der Waals surface area contributed by atoms with Gasteiger partial charge in [-0.1, -0.05) is 40.5 Å². The third-order valence-electron chi connectivity index (χ3n) is 3.28. The lowest BCUT2D eigenvalue weighted by atomic mass is 9.93. The van der Waals surface area contributed by atoms with Crippen LogP contribution in [0.2, 0.25) is 0 Å². The smallest absolute Gasteiger partial charge is 0.0939 e. The van der Waals surface area contributed by atoms with Crippen LogP contribution < -0.4 is 0 Å². The van der Waals surface area contributed by atoms with Crippen LogP contribution in [-0.4, -0.2) is 16.3 Å². The molecule has 0 saturated carbocycles. The summed E-state index contributed by atoms with van der Waals surface area (Å²) in [7, 11) is 0. The second kappa shape index (κ2) is 7.75. The lowest BCUT2D eigenvalue weighted by Gasteiger charge is -2.19. The minimum atomic E-state index is -0.499. The van der Waals surface area contributed by atoms with E-state index < -0.39 is 6.10 Å². The zero-order valence-corrected chi connectivity index (χ0v) is 10.5. The minimum absolute atomic E-state index is 0.203. The number of aliphatic hydroxyl groups excluding tert-OH is 2. The van der Waals surface area contributed by atoms with Crippen molar-refractivity contribution in [1.82, 2.24) is 0 Å². The highest BCUT2D eigenvalue weighted by molar-refractivity contribution is 5.01. The molecule has 2 nitrogen and oxygen atoms in total. The molecule has 0 aromatic heterocycles. The van der Waals surface area contributed by atoms with Gasteiger partial charge >= 0.3 is 0 Å². The average molecular weight is 214 g/mol. The molecule has 1 unspecified atom stereocenters. The van der Waals surface area contributed by atoms with Crippen LogP contribution in [0.4, 0.5) is 0 Å². The fourth-order valence-corrected chi connectivity index (χ4v) is 1.93. The highest BCUT2D eigenvalue weighted by Crippen LogP contribution is 2.20. The fraction of sp³-hybridized carbons (Fsp3) is 0.846. The van der Waals surface area contributed by atoms with Crippen LogP contribution in [0, 0.1) is 11.8 Å². The summed E-state index contributed by atoms with van der Waals surface area (Å²) in [6.07, 6.45) is 4.88. The molecule has 2 N–H and O–H groups in total. The van der Waals surface area contributed by atoms with Crippen molar-refractivity contribution in [3.8, 4) is 0 Å². The van der Waals surface area contributed by atoms with Gasteiger partial charge in [0.1, 0.15) is 0 Å². The first-order valence-electron chi connectivity index (χ1n) is 6.19. The van der Waals surface area contributed by atoms with E-state index in [9.17, 15) is 10.2 Å². The monoisotopic (exact) mass is 214 g/mol. The van der Waals surface area contributed by atoms with Crippen LogP contribution in [0.3, 0.4) is 0 Å². The largest absolute Gasteiger partial charge is 0.512 e. The number of allylic oxidation sites excluding steroid dienone is 1. The molecule has 0 spiro atoms. The van der Waals surface area contributed by atoms with E-state index in [1.165, 1.54) is 0 Å². The van der Waals surface area contributed by atoms with Crippen molar-refractivity contribution in [3.63, 3.8) is 0 Å². The van der Waals surface area contributed by atoms with Gasteiger partial charge in [-0.15, -0.1) is 0 Å². The topological polar surface area (TPSA) is 40.5 Å². The average Bonchev–Trinajstić information content (AvgIpc) is 2.21. The Morgan fingerprint density at radius 3 is 1.80 bits per heavy atom. The molecule has 0 aliphatic heterocycles. The summed E-state index contributed by atoms with van der Waals surface area (Å²) in [5.41, 5.74) is 0. The summed E-state index contributed by atoms with van der Waals surface area (Å²) >= 11 is 0. The van der Waals surface area contributed by atoms with Gasteiger partial charge in [0.25, 0.3) is 0 Å². The zero-order chi connectivity index (χ0) is 11.8. The predicted octanol–water partition coefficient (Wildman–Crippen LogP) is 3.66. The minimum Gasteiger partial charge on any atom is -0.512 e. The van der Waals surface area contributed by atoms with Crippen molar-refractivity contribution in [2.75, 3.05) is 0 Å². The predicted molar refractivity (Wildman–Crippen MR) is 64.9 cm³/mol. The molecule has 0 rings (SSSR count). The molecule has 2 heteroatoms. The first-order chi connectivity index (χ1) is 7.10. The summed E-state index contributed by atoms with van der Waals surface area (Å²) in [6.45, 7) is 8.25. The quantitative estimate of drug-likeness (QED) is 0.635. The number of hydrogen-bond acceptors (Lipinski definition) is 2. The van der Waals surface area contributed by atoms with Crippen molar-refractivity contribution in [2.45, 2.75) is 59.5 Å². The lowest BCUT2D eigenvalue weighted by Crippen LogP contribution is -2.18. The third-order valence-corrected chi connectivity index (χ3v) is 3.28. The Morgan fingerprint density at radius 1 is 1.00 bits per heavy atom. The van der Waals surface area contributed by atoms with Crippen LogP contribution in [0.25, 0.3) is 0 Å². The Kier molecular flexibility index (Phi) is 7.49. The molecular weight excluding hydrogens is 188 g/mol. The summed E-state index contributed by atoms with van der Waals surface area (Å²) in [5, 5.41) is 19.7. The molecule has 0 bridgehead atoms. The van der Waals surface area contributed by atoms with Crippen molar-refractivity contribution < 1.29 is 10.2 Å². The van der Waals surface area contributed by atoms with E-state index in [4.69, 9.17) is 0 Å². The third kappa shape index (κ3) is 4.70. The van der Waals surface area contributed by atoms with E-state index in [1.54, 1.807) is 6.08 Å². The van der Waals surface area contributed by atoms with E-state index >= 15 is 0 Å². The highest BCUT2D eigenvalue weighted by Gasteiger charge is 2.16. The van der Waals surface area contributed by atoms with Gasteiger partial charge in [-0.3, -0.25) is 0 Å². The molecule has 0 saturated heterocycles. The van der Waals surface area contributed by atoms with Crippen LogP contribution in [0.15, 0.2) is 11.8 Å². The number of aliphatic hydroxyl groups is 2. The number of hydrogen-bond donors (Lipinski definition) is 2. The fourth-order valence-electron chi connectivity index (χ4n) is 1.93. The van der Waals surface area contributed by atoms with E-state index in [2.05, 4.69) is 27.7 Å². The Balaban J connectivity index is 4.43. The van der Waals surface area contributed by atoms with Gasteiger partial charge in [-0.25, -0.2) is 0 Å². The zero-order valence-electron chi connectivity index (χ0n) is 10.5. The summed E-state index contributed by atoms with van der Waals surface area (Å²) in [6, 6.07) is 0. The molecule has 0 amide bonds. The Morgan fingerprint density at radius 2 is 1.47 bits per heavy atom. The number of rotatable bonds is 7. The van der Waals surface area contributed by atoms with Crippen molar-refractivity contribution in [1.29, 1.82) is 0 Å². The van der Waals surface area contributed by atoms with Crippen molar-refractivity contribution in [2.24, 2.45) is 11.8 Å².